The number of nitriles is 1. The summed E-state index contributed by atoms with van der Waals surface area (Å²) in [5.74, 6) is -3.77. The Bertz CT molecular complexity index is 1170. The molecule has 0 atom stereocenters. The van der Waals surface area contributed by atoms with Crippen LogP contribution < -0.4 is 10.1 Å². The molecule has 0 saturated heterocycles. The van der Waals surface area contributed by atoms with Gasteiger partial charge in [-0.3, -0.25) is 0 Å². The standard InChI is InChI=1S/C22H21F3N4O3/c1-13-28-18-8-15(10-26)19(32-7-6-31-2)9-16(18)21(29-13)27-11-14-4-3-5-17(20(14)23)22(24,25)12-30/h3-5,8-9,30H,6-7,11-12H2,1-2H3,(H,27,28,29). The largest absolute Gasteiger partial charge is 0.490 e. The van der Waals surface area contributed by atoms with Crippen molar-refractivity contribution >= 4 is 16.7 Å². The van der Waals surface area contributed by atoms with E-state index in [4.69, 9.17) is 14.6 Å². The third-order valence-corrected chi connectivity index (χ3v) is 4.69. The Balaban J connectivity index is 1.96. The lowest BCUT2D eigenvalue weighted by Crippen LogP contribution is -2.21. The van der Waals surface area contributed by atoms with Crippen LogP contribution in [0.15, 0.2) is 30.3 Å². The van der Waals surface area contributed by atoms with Gasteiger partial charge in [-0.15, -0.1) is 0 Å². The summed E-state index contributed by atoms with van der Waals surface area (Å²) in [5, 5.41) is 21.8. The fourth-order valence-corrected chi connectivity index (χ4v) is 3.11. The van der Waals surface area contributed by atoms with Gasteiger partial charge in [0, 0.05) is 24.6 Å². The molecule has 0 saturated carbocycles. The summed E-state index contributed by atoms with van der Waals surface area (Å²) in [6.45, 7) is 0.564. The van der Waals surface area contributed by atoms with E-state index in [9.17, 15) is 18.4 Å². The van der Waals surface area contributed by atoms with E-state index < -0.39 is 23.9 Å². The molecule has 168 valence electrons. The van der Waals surface area contributed by atoms with Crippen molar-refractivity contribution in [2.45, 2.75) is 19.4 Å². The predicted octanol–water partition coefficient (Wildman–Crippen LogP) is 3.67. The van der Waals surface area contributed by atoms with Crippen LogP contribution in [0.4, 0.5) is 19.0 Å². The van der Waals surface area contributed by atoms with Crippen LogP contribution in [0.3, 0.4) is 0 Å². The average molecular weight is 446 g/mol. The van der Waals surface area contributed by atoms with Gasteiger partial charge in [0.2, 0.25) is 0 Å². The zero-order valence-electron chi connectivity index (χ0n) is 17.5. The van der Waals surface area contributed by atoms with Crippen LogP contribution in [-0.2, 0) is 17.2 Å². The van der Waals surface area contributed by atoms with E-state index in [0.717, 1.165) is 6.07 Å². The van der Waals surface area contributed by atoms with Gasteiger partial charge in [0.25, 0.3) is 5.92 Å². The van der Waals surface area contributed by atoms with Crippen LogP contribution in [0, 0.1) is 24.1 Å². The molecular formula is C22H21F3N4O3. The summed E-state index contributed by atoms with van der Waals surface area (Å²) in [5.41, 5.74) is -0.153. The molecule has 0 aliphatic carbocycles. The molecule has 1 aromatic heterocycles. The van der Waals surface area contributed by atoms with Gasteiger partial charge in [0.1, 0.15) is 42.5 Å². The first-order chi connectivity index (χ1) is 15.3. The molecule has 0 spiro atoms. The quantitative estimate of drug-likeness (QED) is 0.484. The number of hydrogen-bond donors (Lipinski definition) is 2. The minimum Gasteiger partial charge on any atom is -0.490 e. The highest BCUT2D eigenvalue weighted by atomic mass is 19.3. The lowest BCUT2D eigenvalue weighted by atomic mass is 10.0. The van der Waals surface area contributed by atoms with Crippen molar-refractivity contribution in [3.8, 4) is 11.8 Å². The second-order valence-electron chi connectivity index (χ2n) is 6.93. The molecule has 0 radical (unpaired) electrons. The molecule has 2 N–H and O–H groups in total. The van der Waals surface area contributed by atoms with Gasteiger partial charge in [0.05, 0.1) is 23.3 Å². The van der Waals surface area contributed by atoms with Crippen molar-refractivity contribution in [3.05, 3.63) is 58.7 Å². The first-order valence-corrected chi connectivity index (χ1v) is 9.65. The molecule has 7 nitrogen and oxygen atoms in total. The number of aromatic nitrogens is 2. The van der Waals surface area contributed by atoms with Crippen molar-refractivity contribution in [2.24, 2.45) is 0 Å². The number of methoxy groups -OCH3 is 1. The van der Waals surface area contributed by atoms with E-state index in [1.165, 1.54) is 19.2 Å². The van der Waals surface area contributed by atoms with E-state index in [1.54, 1.807) is 19.1 Å². The fourth-order valence-electron chi connectivity index (χ4n) is 3.11. The normalized spacial score (nSPS) is 11.4. The minimum atomic E-state index is -3.69. The van der Waals surface area contributed by atoms with Crippen LogP contribution in [0.25, 0.3) is 10.9 Å². The van der Waals surface area contributed by atoms with Crippen LogP contribution in [0.1, 0.15) is 22.5 Å². The van der Waals surface area contributed by atoms with E-state index >= 15 is 0 Å². The Kier molecular flexibility index (Phi) is 7.12. The summed E-state index contributed by atoms with van der Waals surface area (Å²) < 4.78 is 52.8. The molecule has 0 aliphatic rings. The number of aliphatic hydroxyl groups is 1. The van der Waals surface area contributed by atoms with E-state index in [-0.39, 0.29) is 24.3 Å². The number of aliphatic hydroxyl groups excluding tert-OH is 1. The fraction of sp³-hybridized carbons (Fsp3) is 0.318. The SMILES string of the molecule is COCCOc1cc2c(NCc3cccc(C(F)(F)CO)c3F)nc(C)nc2cc1C#N. The Labute approximate surface area is 182 Å². The van der Waals surface area contributed by atoms with Crippen molar-refractivity contribution in [1.82, 2.24) is 9.97 Å². The number of alkyl halides is 2. The summed E-state index contributed by atoms with van der Waals surface area (Å²) >= 11 is 0. The first-order valence-electron chi connectivity index (χ1n) is 9.65. The van der Waals surface area contributed by atoms with Gasteiger partial charge < -0.3 is 19.9 Å². The molecule has 32 heavy (non-hydrogen) atoms. The number of hydrogen-bond acceptors (Lipinski definition) is 7. The predicted molar refractivity (Wildman–Crippen MR) is 111 cm³/mol. The first kappa shape index (κ1) is 23.2. The Hall–Kier alpha value is -3.42. The van der Waals surface area contributed by atoms with Gasteiger partial charge in [-0.05, 0) is 25.1 Å². The smallest absolute Gasteiger partial charge is 0.298 e. The second-order valence-corrected chi connectivity index (χ2v) is 6.93. The average Bonchev–Trinajstić information content (AvgIpc) is 2.77. The number of benzene rings is 2. The second kappa shape index (κ2) is 9.80. The third-order valence-electron chi connectivity index (χ3n) is 4.69. The summed E-state index contributed by atoms with van der Waals surface area (Å²) in [6, 6.07) is 8.80. The highest BCUT2D eigenvalue weighted by molar-refractivity contribution is 5.91. The van der Waals surface area contributed by atoms with Crippen molar-refractivity contribution in [2.75, 3.05) is 32.2 Å². The molecule has 0 amide bonds. The molecule has 0 unspecified atom stereocenters. The van der Waals surface area contributed by atoms with Crippen LogP contribution in [0.5, 0.6) is 5.75 Å². The topological polar surface area (TPSA) is 100 Å². The third kappa shape index (κ3) is 4.90. The maximum absolute atomic E-state index is 14.7. The van der Waals surface area contributed by atoms with E-state index in [2.05, 4.69) is 21.4 Å². The lowest BCUT2D eigenvalue weighted by molar-refractivity contribution is -0.0583. The molecule has 0 fully saturated rings. The summed E-state index contributed by atoms with van der Waals surface area (Å²) in [6.07, 6.45) is 0. The van der Waals surface area contributed by atoms with Crippen molar-refractivity contribution < 1.29 is 27.8 Å². The number of nitrogens with one attached hydrogen (secondary N) is 1. The molecule has 10 heteroatoms. The molecule has 0 aliphatic heterocycles. The van der Waals surface area contributed by atoms with Gasteiger partial charge >= 0.3 is 0 Å². The van der Waals surface area contributed by atoms with Gasteiger partial charge in [-0.2, -0.15) is 14.0 Å². The summed E-state index contributed by atoms with van der Waals surface area (Å²) in [4.78, 5) is 8.66. The van der Waals surface area contributed by atoms with Crippen LogP contribution in [-0.4, -0.2) is 42.0 Å². The molecule has 3 rings (SSSR count). The Morgan fingerprint density at radius 2 is 2.00 bits per heavy atom. The Morgan fingerprint density at radius 3 is 2.69 bits per heavy atom. The van der Waals surface area contributed by atoms with Crippen molar-refractivity contribution in [3.63, 3.8) is 0 Å². The monoisotopic (exact) mass is 446 g/mol. The number of anilines is 1. The van der Waals surface area contributed by atoms with E-state index in [0.29, 0.717) is 34.9 Å². The summed E-state index contributed by atoms with van der Waals surface area (Å²) in [7, 11) is 1.53. The number of ether oxygens (including phenoxy) is 2. The molecular weight excluding hydrogens is 425 g/mol. The number of halogens is 3. The highest BCUT2D eigenvalue weighted by Gasteiger charge is 2.34. The number of nitrogens with zero attached hydrogens (tertiary/aromatic N) is 3. The van der Waals surface area contributed by atoms with Crippen LogP contribution in [0.2, 0.25) is 0 Å². The maximum atomic E-state index is 14.7. The molecule has 0 bridgehead atoms. The van der Waals surface area contributed by atoms with Gasteiger partial charge in [0.15, 0.2) is 0 Å². The molecule has 2 aromatic carbocycles. The minimum absolute atomic E-state index is 0.0229. The number of fused-ring (bicyclic) bond motifs is 1. The Morgan fingerprint density at radius 1 is 1.22 bits per heavy atom. The molecule has 1 heterocycles. The zero-order chi connectivity index (χ0) is 23.3. The molecule has 3 aromatic rings. The zero-order valence-corrected chi connectivity index (χ0v) is 17.5. The lowest BCUT2D eigenvalue weighted by Gasteiger charge is -2.17. The number of aryl methyl sites for hydroxylation is 1. The van der Waals surface area contributed by atoms with Gasteiger partial charge in [-0.25, -0.2) is 14.4 Å². The van der Waals surface area contributed by atoms with E-state index in [1.807, 2.05) is 0 Å². The maximum Gasteiger partial charge on any atom is 0.298 e. The van der Waals surface area contributed by atoms with Crippen LogP contribution >= 0.6 is 0 Å². The van der Waals surface area contributed by atoms with Gasteiger partial charge in [-0.1, -0.05) is 12.1 Å². The number of rotatable bonds is 9. The van der Waals surface area contributed by atoms with Crippen molar-refractivity contribution in [1.29, 1.82) is 5.26 Å². The highest BCUT2D eigenvalue weighted by Crippen LogP contribution is 2.32.